The maximum atomic E-state index is 12.2. The van der Waals surface area contributed by atoms with Gasteiger partial charge in [-0.3, -0.25) is 4.79 Å². The second-order valence-electron chi connectivity index (χ2n) is 3.98. The van der Waals surface area contributed by atoms with Crippen LogP contribution in [0.3, 0.4) is 0 Å². The quantitative estimate of drug-likeness (QED) is 0.777. The molecule has 0 radical (unpaired) electrons. The Kier molecular flexibility index (Phi) is 4.90. The summed E-state index contributed by atoms with van der Waals surface area (Å²) in [5, 5.41) is 0. The summed E-state index contributed by atoms with van der Waals surface area (Å²) in [6, 6.07) is 4.28. The highest BCUT2D eigenvalue weighted by Gasteiger charge is 2.23. The van der Waals surface area contributed by atoms with E-state index in [0.717, 1.165) is 4.31 Å². The molecule has 0 aliphatic heterocycles. The van der Waals surface area contributed by atoms with Gasteiger partial charge in [-0.25, -0.2) is 8.42 Å². The van der Waals surface area contributed by atoms with Crippen molar-refractivity contribution in [2.75, 3.05) is 27.8 Å². The number of hydrogen-bond acceptors (Lipinski definition) is 5. The Balaban J connectivity index is 3.18. The standard InChI is InChI=1S/C12H17NO5S/c1-9(14)8-13(2)19(15,16)10-5-6-11(17-3)12(7-10)18-4/h5-7H,8H2,1-4H3. The van der Waals surface area contributed by atoms with Gasteiger partial charge in [0.05, 0.1) is 25.7 Å². The van der Waals surface area contributed by atoms with Crippen molar-refractivity contribution >= 4 is 15.8 Å². The summed E-state index contributed by atoms with van der Waals surface area (Å²) in [4.78, 5) is 11.1. The van der Waals surface area contributed by atoms with E-state index in [1.165, 1.54) is 46.4 Å². The lowest BCUT2D eigenvalue weighted by molar-refractivity contribution is -0.117. The van der Waals surface area contributed by atoms with Crippen LogP contribution in [0.4, 0.5) is 0 Å². The fourth-order valence-electron chi connectivity index (χ4n) is 1.56. The van der Waals surface area contributed by atoms with E-state index in [9.17, 15) is 13.2 Å². The minimum absolute atomic E-state index is 0.0499. The van der Waals surface area contributed by atoms with Crippen molar-refractivity contribution in [1.29, 1.82) is 0 Å². The third kappa shape index (κ3) is 3.45. The highest BCUT2D eigenvalue weighted by atomic mass is 32.2. The number of carbonyl (C=O) groups is 1. The largest absolute Gasteiger partial charge is 0.493 e. The number of sulfonamides is 1. The highest BCUT2D eigenvalue weighted by Crippen LogP contribution is 2.30. The van der Waals surface area contributed by atoms with Gasteiger partial charge in [0.2, 0.25) is 10.0 Å². The molecule has 0 N–H and O–H groups in total. The fraction of sp³-hybridized carbons (Fsp3) is 0.417. The summed E-state index contributed by atoms with van der Waals surface area (Å²) in [6.45, 7) is 1.16. The second-order valence-corrected chi connectivity index (χ2v) is 6.02. The van der Waals surface area contributed by atoms with E-state index in [4.69, 9.17) is 9.47 Å². The predicted octanol–water partition coefficient (Wildman–Crippen LogP) is 0.913. The fourth-order valence-corrected chi connectivity index (χ4v) is 2.76. The zero-order valence-electron chi connectivity index (χ0n) is 11.3. The van der Waals surface area contributed by atoms with Gasteiger partial charge in [0.25, 0.3) is 0 Å². The van der Waals surface area contributed by atoms with Gasteiger partial charge in [0, 0.05) is 13.1 Å². The number of benzene rings is 1. The maximum Gasteiger partial charge on any atom is 0.243 e. The van der Waals surface area contributed by atoms with Crippen LogP contribution < -0.4 is 9.47 Å². The third-order valence-electron chi connectivity index (χ3n) is 2.51. The molecular weight excluding hydrogens is 270 g/mol. The first-order valence-electron chi connectivity index (χ1n) is 5.50. The molecule has 0 unspecified atom stereocenters. The Morgan fingerprint density at radius 1 is 1.21 bits per heavy atom. The first-order valence-corrected chi connectivity index (χ1v) is 6.94. The van der Waals surface area contributed by atoms with Gasteiger partial charge in [0.1, 0.15) is 5.78 Å². The normalized spacial score (nSPS) is 11.4. The van der Waals surface area contributed by atoms with Crippen LogP contribution in [0.25, 0.3) is 0 Å². The molecule has 0 amide bonds. The van der Waals surface area contributed by atoms with E-state index in [-0.39, 0.29) is 17.2 Å². The summed E-state index contributed by atoms with van der Waals surface area (Å²) >= 11 is 0. The minimum atomic E-state index is -3.71. The molecule has 0 saturated heterocycles. The lowest BCUT2D eigenvalue weighted by atomic mass is 10.3. The average molecular weight is 287 g/mol. The van der Waals surface area contributed by atoms with Crippen molar-refractivity contribution in [2.45, 2.75) is 11.8 Å². The molecule has 0 aliphatic carbocycles. The molecule has 1 aromatic carbocycles. The molecule has 0 aliphatic rings. The van der Waals surface area contributed by atoms with E-state index >= 15 is 0 Å². The molecule has 0 spiro atoms. The maximum absolute atomic E-state index is 12.2. The topological polar surface area (TPSA) is 72.9 Å². The zero-order chi connectivity index (χ0) is 14.6. The van der Waals surface area contributed by atoms with Crippen LogP contribution in [-0.4, -0.2) is 46.3 Å². The number of nitrogens with zero attached hydrogens (tertiary/aromatic N) is 1. The van der Waals surface area contributed by atoms with Crippen molar-refractivity contribution in [2.24, 2.45) is 0 Å². The number of rotatable bonds is 6. The number of Topliss-reactive ketones (excluding diaryl/α,β-unsaturated/α-hetero) is 1. The molecule has 0 bridgehead atoms. The van der Waals surface area contributed by atoms with E-state index < -0.39 is 10.0 Å². The molecule has 0 aromatic heterocycles. The van der Waals surface area contributed by atoms with Crippen molar-refractivity contribution in [3.05, 3.63) is 18.2 Å². The van der Waals surface area contributed by atoms with Crippen LogP contribution in [0.15, 0.2) is 23.1 Å². The minimum Gasteiger partial charge on any atom is -0.493 e. The molecule has 0 heterocycles. The first kappa shape index (κ1) is 15.5. The Bertz CT molecular complexity index is 567. The lowest BCUT2D eigenvalue weighted by Crippen LogP contribution is -2.31. The van der Waals surface area contributed by atoms with Crippen molar-refractivity contribution in [1.82, 2.24) is 4.31 Å². The number of methoxy groups -OCH3 is 2. The van der Waals surface area contributed by atoms with E-state index in [1.807, 2.05) is 0 Å². The molecule has 1 rings (SSSR count). The Labute approximate surface area is 113 Å². The smallest absolute Gasteiger partial charge is 0.243 e. The van der Waals surface area contributed by atoms with Crippen LogP contribution in [0.2, 0.25) is 0 Å². The SMILES string of the molecule is COc1ccc(S(=O)(=O)N(C)CC(C)=O)cc1OC. The van der Waals surface area contributed by atoms with Crippen molar-refractivity contribution in [3.63, 3.8) is 0 Å². The van der Waals surface area contributed by atoms with Gasteiger partial charge >= 0.3 is 0 Å². The summed E-state index contributed by atoms with van der Waals surface area (Å²) < 4.78 is 35.5. The monoisotopic (exact) mass is 287 g/mol. The van der Waals surface area contributed by atoms with Crippen molar-refractivity contribution in [3.8, 4) is 11.5 Å². The number of ether oxygens (including phenoxy) is 2. The molecule has 1 aromatic rings. The predicted molar refractivity (Wildman–Crippen MR) is 70.0 cm³/mol. The molecule has 0 fully saturated rings. The van der Waals surface area contributed by atoms with Gasteiger partial charge in [-0.15, -0.1) is 0 Å². The molecule has 0 saturated carbocycles. The van der Waals surface area contributed by atoms with Crippen LogP contribution in [0, 0.1) is 0 Å². The van der Waals surface area contributed by atoms with E-state index in [1.54, 1.807) is 0 Å². The number of likely N-dealkylation sites (N-methyl/N-ethyl adjacent to an activating group) is 1. The highest BCUT2D eigenvalue weighted by molar-refractivity contribution is 7.89. The summed E-state index contributed by atoms with van der Waals surface area (Å²) in [5.74, 6) is 0.530. The third-order valence-corrected chi connectivity index (χ3v) is 4.31. The molecule has 106 valence electrons. The Morgan fingerprint density at radius 3 is 2.26 bits per heavy atom. The zero-order valence-corrected chi connectivity index (χ0v) is 12.2. The number of ketones is 1. The van der Waals surface area contributed by atoms with Crippen LogP contribution >= 0.6 is 0 Å². The molecule has 19 heavy (non-hydrogen) atoms. The lowest BCUT2D eigenvalue weighted by Gasteiger charge is -2.16. The van der Waals surface area contributed by atoms with Crippen LogP contribution in [-0.2, 0) is 14.8 Å². The van der Waals surface area contributed by atoms with Crippen LogP contribution in [0.1, 0.15) is 6.92 Å². The summed E-state index contributed by atoms with van der Waals surface area (Å²) in [7, 11) is 0.530. The molecule has 7 heteroatoms. The van der Waals surface area contributed by atoms with E-state index in [0.29, 0.717) is 11.5 Å². The van der Waals surface area contributed by atoms with E-state index in [2.05, 4.69) is 0 Å². The number of hydrogen-bond donors (Lipinski definition) is 0. The van der Waals surface area contributed by atoms with Gasteiger partial charge in [0.15, 0.2) is 11.5 Å². The van der Waals surface area contributed by atoms with Gasteiger partial charge in [-0.1, -0.05) is 0 Å². The second kappa shape index (κ2) is 6.03. The van der Waals surface area contributed by atoms with Gasteiger partial charge in [-0.05, 0) is 19.1 Å². The average Bonchev–Trinajstić information content (AvgIpc) is 2.36. The van der Waals surface area contributed by atoms with Gasteiger partial charge < -0.3 is 9.47 Å². The Morgan fingerprint density at radius 2 is 1.79 bits per heavy atom. The molecule has 6 nitrogen and oxygen atoms in total. The van der Waals surface area contributed by atoms with Crippen LogP contribution in [0.5, 0.6) is 11.5 Å². The Hall–Kier alpha value is -1.60. The molecular formula is C12H17NO5S. The first-order chi connectivity index (χ1) is 8.82. The van der Waals surface area contributed by atoms with Crippen molar-refractivity contribution < 1.29 is 22.7 Å². The van der Waals surface area contributed by atoms with Gasteiger partial charge in [-0.2, -0.15) is 4.31 Å². The summed E-state index contributed by atoms with van der Waals surface area (Å²) in [6.07, 6.45) is 0. The summed E-state index contributed by atoms with van der Waals surface area (Å²) in [5.41, 5.74) is 0. The molecule has 0 atom stereocenters. The number of carbonyl (C=O) groups excluding carboxylic acids is 1.